The van der Waals surface area contributed by atoms with E-state index in [2.05, 4.69) is 26.3 Å². The molecule has 0 aliphatic rings. The maximum atomic E-state index is 12.8. The van der Waals surface area contributed by atoms with Crippen molar-refractivity contribution in [3.8, 4) is 17.5 Å². The van der Waals surface area contributed by atoms with Gasteiger partial charge in [-0.1, -0.05) is 12.1 Å². The molecule has 4 rings (SSSR count). The lowest BCUT2D eigenvalue weighted by molar-refractivity contribution is -0.119. The molecule has 8 heteroatoms. The van der Waals surface area contributed by atoms with Gasteiger partial charge in [-0.15, -0.1) is 0 Å². The lowest BCUT2D eigenvalue weighted by Gasteiger charge is -2.16. The van der Waals surface area contributed by atoms with E-state index in [1.807, 2.05) is 12.1 Å². The Morgan fingerprint density at radius 2 is 1.94 bits per heavy atom. The first-order chi connectivity index (χ1) is 15.0. The maximum Gasteiger partial charge on any atom is 0.252 e. The van der Waals surface area contributed by atoms with E-state index in [1.54, 1.807) is 54.9 Å². The van der Waals surface area contributed by atoms with E-state index in [0.717, 1.165) is 11.1 Å². The monoisotopic (exact) mass is 410 g/mol. The van der Waals surface area contributed by atoms with Gasteiger partial charge in [0.1, 0.15) is 11.9 Å². The summed E-state index contributed by atoms with van der Waals surface area (Å²) in [7, 11) is 0. The molecule has 4 N–H and O–H groups in total. The summed E-state index contributed by atoms with van der Waals surface area (Å²) in [6, 6.07) is 16.7. The maximum absolute atomic E-state index is 12.8. The quantitative estimate of drug-likeness (QED) is 0.448. The number of hydrogen-bond acceptors (Lipinski definition) is 5. The van der Waals surface area contributed by atoms with Crippen molar-refractivity contribution in [3.63, 3.8) is 0 Å². The number of amides is 2. The van der Waals surface area contributed by atoms with Gasteiger partial charge in [-0.2, -0.15) is 5.26 Å². The molecular weight excluding hydrogens is 392 g/mol. The number of imidazole rings is 1. The molecule has 152 valence electrons. The van der Waals surface area contributed by atoms with Gasteiger partial charge in [-0.3, -0.25) is 14.6 Å². The molecule has 0 radical (unpaired) electrons. The number of aromatic nitrogens is 3. The van der Waals surface area contributed by atoms with E-state index in [0.29, 0.717) is 28.0 Å². The van der Waals surface area contributed by atoms with Gasteiger partial charge < -0.3 is 16.0 Å². The van der Waals surface area contributed by atoms with Crippen LogP contribution in [-0.4, -0.2) is 32.8 Å². The standard InChI is InChI=1S/C23H18N6O2/c24-13-15-3-1-2-14(10-15)11-20(21(25)30)29-23(31)17-4-5-18-19(12-17)28-22(27-18)16-6-8-26-9-7-16/h1-10,12,20H,11H2,(H2,25,30)(H,27,28)(H,29,31). The third-order valence-corrected chi connectivity index (χ3v) is 4.84. The summed E-state index contributed by atoms with van der Waals surface area (Å²) in [6.07, 6.45) is 3.55. The largest absolute Gasteiger partial charge is 0.368 e. The Labute approximate surface area is 177 Å². The predicted molar refractivity (Wildman–Crippen MR) is 115 cm³/mol. The molecule has 4 aromatic rings. The Morgan fingerprint density at radius 3 is 2.68 bits per heavy atom. The number of hydrogen-bond donors (Lipinski definition) is 3. The molecule has 0 saturated heterocycles. The molecular formula is C23H18N6O2. The molecule has 0 aliphatic carbocycles. The third kappa shape index (κ3) is 4.41. The van der Waals surface area contributed by atoms with Crippen LogP contribution >= 0.6 is 0 Å². The Balaban J connectivity index is 1.54. The first kappa shape index (κ1) is 19.8. The van der Waals surface area contributed by atoms with Crippen LogP contribution in [0.3, 0.4) is 0 Å². The van der Waals surface area contributed by atoms with Gasteiger partial charge in [0, 0.05) is 29.9 Å². The fourth-order valence-electron chi connectivity index (χ4n) is 3.27. The fourth-order valence-corrected chi connectivity index (χ4v) is 3.27. The molecule has 31 heavy (non-hydrogen) atoms. The van der Waals surface area contributed by atoms with Crippen LogP contribution in [0.4, 0.5) is 0 Å². The SMILES string of the molecule is N#Cc1cccc(CC(NC(=O)c2ccc3nc(-c4ccncc4)[nH]c3c2)C(N)=O)c1. The van der Waals surface area contributed by atoms with E-state index >= 15 is 0 Å². The summed E-state index contributed by atoms with van der Waals surface area (Å²) in [4.78, 5) is 36.4. The zero-order valence-corrected chi connectivity index (χ0v) is 16.4. The van der Waals surface area contributed by atoms with Gasteiger partial charge in [0.2, 0.25) is 5.91 Å². The highest BCUT2D eigenvalue weighted by Gasteiger charge is 2.20. The molecule has 0 fully saturated rings. The number of rotatable bonds is 6. The molecule has 0 bridgehead atoms. The van der Waals surface area contributed by atoms with Crippen molar-refractivity contribution < 1.29 is 9.59 Å². The van der Waals surface area contributed by atoms with Crippen molar-refractivity contribution in [1.82, 2.24) is 20.3 Å². The Kier molecular flexibility index (Phi) is 5.41. The zero-order chi connectivity index (χ0) is 21.8. The topological polar surface area (TPSA) is 138 Å². The van der Waals surface area contributed by atoms with Gasteiger partial charge in [0.15, 0.2) is 0 Å². The van der Waals surface area contributed by atoms with E-state index in [9.17, 15) is 9.59 Å². The van der Waals surface area contributed by atoms with Gasteiger partial charge >= 0.3 is 0 Å². The second-order valence-corrected chi connectivity index (χ2v) is 7.00. The molecule has 2 heterocycles. The van der Waals surface area contributed by atoms with Crippen LogP contribution in [0.15, 0.2) is 67.0 Å². The average molecular weight is 410 g/mol. The molecule has 2 aromatic carbocycles. The van der Waals surface area contributed by atoms with Crippen molar-refractivity contribution in [3.05, 3.63) is 83.7 Å². The van der Waals surface area contributed by atoms with Gasteiger partial charge in [-0.05, 0) is 48.0 Å². The highest BCUT2D eigenvalue weighted by atomic mass is 16.2. The zero-order valence-electron chi connectivity index (χ0n) is 16.4. The van der Waals surface area contributed by atoms with Crippen molar-refractivity contribution in [2.75, 3.05) is 0 Å². The second-order valence-electron chi connectivity index (χ2n) is 7.00. The number of nitrogens with zero attached hydrogens (tertiary/aromatic N) is 3. The van der Waals surface area contributed by atoms with Crippen LogP contribution in [0.25, 0.3) is 22.4 Å². The van der Waals surface area contributed by atoms with Crippen LogP contribution in [0.1, 0.15) is 21.5 Å². The van der Waals surface area contributed by atoms with Crippen LogP contribution in [0, 0.1) is 11.3 Å². The normalized spacial score (nSPS) is 11.6. The van der Waals surface area contributed by atoms with Crippen molar-refractivity contribution in [1.29, 1.82) is 5.26 Å². The number of pyridine rings is 1. The summed E-state index contributed by atoms with van der Waals surface area (Å²) in [5.41, 5.74) is 9.36. The highest BCUT2D eigenvalue weighted by molar-refractivity contribution is 6.00. The lowest BCUT2D eigenvalue weighted by atomic mass is 10.0. The minimum atomic E-state index is -0.911. The summed E-state index contributed by atoms with van der Waals surface area (Å²) in [5.74, 6) is -0.414. The number of aromatic amines is 1. The molecule has 1 atom stereocenters. The van der Waals surface area contributed by atoms with E-state index in [-0.39, 0.29) is 6.42 Å². The van der Waals surface area contributed by atoms with Crippen molar-refractivity contribution in [2.24, 2.45) is 5.73 Å². The van der Waals surface area contributed by atoms with E-state index in [4.69, 9.17) is 11.0 Å². The van der Waals surface area contributed by atoms with Gasteiger partial charge in [0.25, 0.3) is 5.91 Å². The number of primary amides is 1. The number of benzene rings is 2. The van der Waals surface area contributed by atoms with E-state index < -0.39 is 17.9 Å². The van der Waals surface area contributed by atoms with Crippen LogP contribution in [0.2, 0.25) is 0 Å². The smallest absolute Gasteiger partial charge is 0.252 e. The fraction of sp³-hybridized carbons (Fsp3) is 0.0870. The molecule has 8 nitrogen and oxygen atoms in total. The molecule has 1 unspecified atom stereocenters. The first-order valence-corrected chi connectivity index (χ1v) is 9.53. The number of fused-ring (bicyclic) bond motifs is 1. The molecule has 2 amide bonds. The summed E-state index contributed by atoms with van der Waals surface area (Å²) in [5, 5.41) is 11.7. The summed E-state index contributed by atoms with van der Waals surface area (Å²) in [6.45, 7) is 0. The van der Waals surface area contributed by atoms with Crippen LogP contribution < -0.4 is 11.1 Å². The van der Waals surface area contributed by atoms with Crippen molar-refractivity contribution in [2.45, 2.75) is 12.5 Å². The molecule has 0 spiro atoms. The summed E-state index contributed by atoms with van der Waals surface area (Å²) < 4.78 is 0. The Bertz CT molecular complexity index is 1310. The average Bonchev–Trinajstić information content (AvgIpc) is 3.22. The number of nitriles is 1. The highest BCUT2D eigenvalue weighted by Crippen LogP contribution is 2.21. The molecule has 0 aliphatic heterocycles. The molecule has 0 saturated carbocycles. The number of carbonyl (C=O) groups is 2. The minimum Gasteiger partial charge on any atom is -0.368 e. The number of nitrogens with one attached hydrogen (secondary N) is 2. The number of nitrogens with two attached hydrogens (primary N) is 1. The predicted octanol–water partition coefficient (Wildman–Crippen LogP) is 2.32. The minimum absolute atomic E-state index is 0.190. The van der Waals surface area contributed by atoms with Gasteiger partial charge in [-0.25, -0.2) is 4.98 Å². The van der Waals surface area contributed by atoms with Crippen molar-refractivity contribution >= 4 is 22.8 Å². The van der Waals surface area contributed by atoms with Crippen LogP contribution in [-0.2, 0) is 11.2 Å². The molecule has 2 aromatic heterocycles. The lowest BCUT2D eigenvalue weighted by Crippen LogP contribution is -2.45. The first-order valence-electron chi connectivity index (χ1n) is 9.53. The van der Waals surface area contributed by atoms with Crippen LogP contribution in [0.5, 0.6) is 0 Å². The Morgan fingerprint density at radius 1 is 1.13 bits per heavy atom. The van der Waals surface area contributed by atoms with E-state index in [1.165, 1.54) is 0 Å². The number of H-pyrrole nitrogens is 1. The van der Waals surface area contributed by atoms with Gasteiger partial charge in [0.05, 0.1) is 22.7 Å². The summed E-state index contributed by atoms with van der Waals surface area (Å²) >= 11 is 0. The number of carbonyl (C=O) groups excluding carboxylic acids is 2. The second kappa shape index (κ2) is 8.47. The Hall–Kier alpha value is -4.51. The third-order valence-electron chi connectivity index (χ3n) is 4.84.